The van der Waals surface area contributed by atoms with Crippen molar-refractivity contribution in [2.45, 2.75) is 19.9 Å². The van der Waals surface area contributed by atoms with Gasteiger partial charge in [0.05, 0.1) is 18.0 Å². The molecule has 0 spiro atoms. The molecule has 4 rings (SSSR count). The minimum Gasteiger partial charge on any atom is -0.327 e. The number of likely N-dealkylation sites (N-methyl/N-ethyl adjacent to an activating group) is 1. The van der Waals surface area contributed by atoms with Crippen LogP contribution in [-0.4, -0.2) is 32.6 Å². The molecule has 0 aliphatic carbocycles. The summed E-state index contributed by atoms with van der Waals surface area (Å²) < 4.78 is 4.13. The van der Waals surface area contributed by atoms with Crippen molar-refractivity contribution in [3.63, 3.8) is 0 Å². The first-order valence-corrected chi connectivity index (χ1v) is 7.93. The van der Waals surface area contributed by atoms with Crippen LogP contribution in [0.15, 0.2) is 30.7 Å². The van der Waals surface area contributed by atoms with E-state index >= 15 is 0 Å². The summed E-state index contributed by atoms with van der Waals surface area (Å²) in [5.74, 6) is 3.26. The maximum atomic E-state index is 4.14. The Morgan fingerprint density at radius 2 is 2.09 bits per heavy atom. The van der Waals surface area contributed by atoms with Crippen LogP contribution in [0.3, 0.4) is 0 Å². The lowest BCUT2D eigenvalue weighted by Gasteiger charge is -2.23. The number of hydrogen-bond acceptors (Lipinski definition) is 2. The Hall–Kier alpha value is -2.51. The minimum absolute atomic E-state index is 0.931. The van der Waals surface area contributed by atoms with Crippen LogP contribution in [0.2, 0.25) is 0 Å². The fraction of sp³-hybridized carbons (Fsp3) is 0.316. The molecule has 0 atom stereocenters. The topological polar surface area (TPSA) is 26.0 Å². The number of fused-ring (bicyclic) bond motifs is 3. The molecule has 0 fully saturated rings. The summed E-state index contributed by atoms with van der Waals surface area (Å²) in [6.45, 7) is 4.22. The van der Waals surface area contributed by atoms with Gasteiger partial charge in [-0.15, -0.1) is 0 Å². The third-order valence-electron chi connectivity index (χ3n) is 4.61. The Morgan fingerprint density at radius 1 is 1.22 bits per heavy atom. The van der Waals surface area contributed by atoms with Crippen LogP contribution in [0, 0.1) is 18.9 Å². The second-order valence-electron chi connectivity index (χ2n) is 6.40. The van der Waals surface area contributed by atoms with E-state index in [9.17, 15) is 0 Å². The molecule has 4 nitrogen and oxygen atoms in total. The standard InChI is InChI=1S/C19H20N4/c1-14-4-5-18-16(10-14)17-12-21(2)8-7-19(17)23(18)9-6-15-11-20-13-22(15)3/h4-5,10-11,13H,7-8,12H2,1-3H3. The summed E-state index contributed by atoms with van der Waals surface area (Å²) in [6.07, 6.45) is 4.63. The zero-order valence-electron chi connectivity index (χ0n) is 13.8. The molecule has 0 unspecified atom stereocenters. The van der Waals surface area contributed by atoms with E-state index in [-0.39, 0.29) is 0 Å². The van der Waals surface area contributed by atoms with Crippen molar-refractivity contribution >= 4 is 10.9 Å². The van der Waals surface area contributed by atoms with Crippen LogP contribution in [-0.2, 0) is 20.0 Å². The average Bonchev–Trinajstić information content (AvgIpc) is 3.06. The molecule has 0 saturated carbocycles. The molecule has 4 heteroatoms. The molecule has 0 amide bonds. The van der Waals surface area contributed by atoms with Crippen LogP contribution >= 0.6 is 0 Å². The maximum absolute atomic E-state index is 4.14. The summed E-state index contributed by atoms with van der Waals surface area (Å²) in [4.78, 5) is 6.52. The average molecular weight is 304 g/mol. The van der Waals surface area contributed by atoms with Gasteiger partial charge in [0.15, 0.2) is 0 Å². The molecule has 3 heterocycles. The predicted molar refractivity (Wildman–Crippen MR) is 92.2 cm³/mol. The van der Waals surface area contributed by atoms with Gasteiger partial charge in [-0.1, -0.05) is 11.6 Å². The van der Waals surface area contributed by atoms with Gasteiger partial charge in [0.1, 0.15) is 5.69 Å². The molecule has 23 heavy (non-hydrogen) atoms. The Labute approximate surface area is 136 Å². The molecular weight excluding hydrogens is 284 g/mol. The highest BCUT2D eigenvalue weighted by molar-refractivity contribution is 5.87. The van der Waals surface area contributed by atoms with Gasteiger partial charge >= 0.3 is 0 Å². The minimum atomic E-state index is 0.931. The first kappa shape index (κ1) is 14.1. The van der Waals surface area contributed by atoms with Gasteiger partial charge < -0.3 is 9.47 Å². The van der Waals surface area contributed by atoms with Gasteiger partial charge in [-0.05, 0) is 37.6 Å². The van der Waals surface area contributed by atoms with E-state index in [1.54, 1.807) is 6.33 Å². The van der Waals surface area contributed by atoms with Crippen LogP contribution in [0.1, 0.15) is 22.5 Å². The van der Waals surface area contributed by atoms with Crippen molar-refractivity contribution in [3.8, 4) is 12.0 Å². The highest BCUT2D eigenvalue weighted by Crippen LogP contribution is 2.30. The number of hydrogen-bond donors (Lipinski definition) is 0. The maximum Gasteiger partial charge on any atom is 0.113 e. The van der Waals surface area contributed by atoms with Crippen LogP contribution < -0.4 is 0 Å². The van der Waals surface area contributed by atoms with Gasteiger partial charge in [0.25, 0.3) is 0 Å². The number of nitrogens with zero attached hydrogens (tertiary/aromatic N) is 4. The zero-order valence-corrected chi connectivity index (χ0v) is 13.8. The van der Waals surface area contributed by atoms with Crippen molar-refractivity contribution in [1.82, 2.24) is 19.0 Å². The zero-order chi connectivity index (χ0) is 16.0. The summed E-state index contributed by atoms with van der Waals surface area (Å²) in [5.41, 5.74) is 6.23. The number of imidazole rings is 1. The molecule has 0 bridgehead atoms. The highest BCUT2D eigenvalue weighted by atomic mass is 15.1. The van der Waals surface area contributed by atoms with E-state index in [0.29, 0.717) is 0 Å². The molecular formula is C19H20N4. The van der Waals surface area contributed by atoms with Crippen LogP contribution in [0.25, 0.3) is 10.9 Å². The largest absolute Gasteiger partial charge is 0.327 e. The lowest BCUT2D eigenvalue weighted by atomic mass is 10.0. The Bertz CT molecular complexity index is 949. The number of aryl methyl sites for hydroxylation is 2. The van der Waals surface area contributed by atoms with Crippen molar-refractivity contribution < 1.29 is 0 Å². The van der Waals surface area contributed by atoms with Crippen LogP contribution in [0.4, 0.5) is 0 Å². The molecule has 2 aromatic heterocycles. The fourth-order valence-electron chi connectivity index (χ4n) is 3.33. The molecule has 1 aliphatic heterocycles. The molecule has 1 aliphatic rings. The predicted octanol–water partition coefficient (Wildman–Crippen LogP) is 2.53. The van der Waals surface area contributed by atoms with E-state index in [1.165, 1.54) is 27.7 Å². The van der Waals surface area contributed by atoms with Crippen molar-refractivity contribution in [3.05, 3.63) is 53.2 Å². The molecule has 3 aromatic rings. The lowest BCUT2D eigenvalue weighted by Crippen LogP contribution is -2.27. The quantitative estimate of drug-likeness (QED) is 0.597. The molecule has 0 saturated heterocycles. The summed E-state index contributed by atoms with van der Waals surface area (Å²) in [5, 5.41) is 1.34. The third-order valence-corrected chi connectivity index (χ3v) is 4.61. The van der Waals surface area contributed by atoms with Gasteiger partial charge in [0.2, 0.25) is 0 Å². The summed E-state index contributed by atoms with van der Waals surface area (Å²) in [7, 11) is 4.15. The Kier molecular flexibility index (Phi) is 3.24. The summed E-state index contributed by atoms with van der Waals surface area (Å²) >= 11 is 0. The Morgan fingerprint density at radius 3 is 2.87 bits per heavy atom. The van der Waals surface area contributed by atoms with E-state index in [2.05, 4.69) is 58.6 Å². The van der Waals surface area contributed by atoms with Gasteiger partial charge in [0, 0.05) is 43.7 Å². The van der Waals surface area contributed by atoms with Gasteiger partial charge in [-0.25, -0.2) is 4.98 Å². The normalized spacial score (nSPS) is 14.6. The number of benzene rings is 1. The third kappa shape index (κ3) is 2.34. The fourth-order valence-corrected chi connectivity index (χ4v) is 3.33. The Balaban J connectivity index is 1.93. The smallest absolute Gasteiger partial charge is 0.113 e. The molecule has 0 radical (unpaired) electrons. The lowest BCUT2D eigenvalue weighted by molar-refractivity contribution is 0.311. The van der Waals surface area contributed by atoms with E-state index in [0.717, 1.165) is 25.2 Å². The van der Waals surface area contributed by atoms with Gasteiger partial charge in [-0.3, -0.25) is 4.57 Å². The summed E-state index contributed by atoms with van der Waals surface area (Å²) in [6, 6.07) is 10.0. The monoisotopic (exact) mass is 304 g/mol. The van der Waals surface area contributed by atoms with Crippen molar-refractivity contribution in [1.29, 1.82) is 0 Å². The van der Waals surface area contributed by atoms with E-state index in [4.69, 9.17) is 0 Å². The second-order valence-corrected chi connectivity index (χ2v) is 6.40. The molecule has 1 aromatic carbocycles. The molecule has 0 N–H and O–H groups in total. The van der Waals surface area contributed by atoms with E-state index < -0.39 is 0 Å². The number of aromatic nitrogens is 3. The van der Waals surface area contributed by atoms with Crippen LogP contribution in [0.5, 0.6) is 0 Å². The van der Waals surface area contributed by atoms with Crippen molar-refractivity contribution in [2.24, 2.45) is 7.05 Å². The number of rotatable bonds is 0. The first-order valence-electron chi connectivity index (χ1n) is 7.93. The molecule has 116 valence electrons. The first-order chi connectivity index (χ1) is 11.1. The second kappa shape index (κ2) is 5.29. The van der Waals surface area contributed by atoms with Gasteiger partial charge in [-0.2, -0.15) is 0 Å². The SMILES string of the molecule is Cc1ccc2c(c1)c1c(n2C#Cc2cncn2C)CCN(C)C1. The highest BCUT2D eigenvalue weighted by Gasteiger charge is 2.21. The van der Waals surface area contributed by atoms with Crippen molar-refractivity contribution in [2.75, 3.05) is 13.6 Å². The van der Waals surface area contributed by atoms with E-state index in [1.807, 2.05) is 17.8 Å².